The molecule has 1 amide bonds. The third-order valence-electron chi connectivity index (χ3n) is 3.14. The number of carboxylic acid groups (broad SMARTS) is 1. The minimum absolute atomic E-state index is 0.0271. The van der Waals surface area contributed by atoms with Crippen LogP contribution < -0.4 is 11.1 Å². The van der Waals surface area contributed by atoms with Crippen molar-refractivity contribution in [3.63, 3.8) is 0 Å². The van der Waals surface area contributed by atoms with E-state index in [0.29, 0.717) is 13.2 Å². The minimum atomic E-state index is -1.22. The molecule has 4 N–H and O–H groups in total. The Morgan fingerprint density at radius 1 is 1.35 bits per heavy atom. The fourth-order valence-corrected chi connectivity index (χ4v) is 1.73. The number of rotatable bonds is 4. The molecule has 0 spiro atoms. The van der Waals surface area contributed by atoms with Crippen LogP contribution in [-0.2, 0) is 14.3 Å². The third kappa shape index (κ3) is 3.17. The Bertz CT molecular complexity index is 298. The average Bonchev–Trinajstić information content (AvgIpc) is 2.28. The van der Waals surface area contributed by atoms with Crippen molar-refractivity contribution >= 4 is 11.9 Å². The first-order chi connectivity index (χ1) is 7.89. The lowest BCUT2D eigenvalue weighted by molar-refractivity contribution is -0.152. The van der Waals surface area contributed by atoms with Crippen LogP contribution in [0.15, 0.2) is 0 Å². The van der Waals surface area contributed by atoms with Crippen LogP contribution in [0, 0.1) is 5.92 Å². The lowest BCUT2D eigenvalue weighted by atomic mass is 9.89. The summed E-state index contributed by atoms with van der Waals surface area (Å²) in [5, 5.41) is 11.8. The molecule has 0 bridgehead atoms. The number of aliphatic carboxylic acids is 1. The van der Waals surface area contributed by atoms with Gasteiger partial charge in [-0.3, -0.25) is 4.79 Å². The van der Waals surface area contributed by atoms with Gasteiger partial charge in [0.05, 0.1) is 6.04 Å². The number of ether oxygens (including phenoxy) is 1. The molecular formula is C11H20N2O4. The third-order valence-corrected chi connectivity index (χ3v) is 3.14. The van der Waals surface area contributed by atoms with Crippen molar-refractivity contribution in [2.24, 2.45) is 11.7 Å². The van der Waals surface area contributed by atoms with Crippen LogP contribution in [0.25, 0.3) is 0 Å². The molecule has 17 heavy (non-hydrogen) atoms. The second-order valence-electron chi connectivity index (χ2n) is 4.76. The second-order valence-corrected chi connectivity index (χ2v) is 4.76. The molecule has 98 valence electrons. The van der Waals surface area contributed by atoms with E-state index in [9.17, 15) is 14.7 Å². The highest BCUT2D eigenvalue weighted by molar-refractivity contribution is 5.89. The highest BCUT2D eigenvalue weighted by atomic mass is 16.5. The van der Waals surface area contributed by atoms with Gasteiger partial charge < -0.3 is 20.9 Å². The number of hydrogen-bond acceptors (Lipinski definition) is 4. The molecule has 0 unspecified atom stereocenters. The summed E-state index contributed by atoms with van der Waals surface area (Å²) in [4.78, 5) is 23.1. The fraction of sp³-hybridized carbons (Fsp3) is 0.818. The van der Waals surface area contributed by atoms with Crippen LogP contribution in [0.4, 0.5) is 0 Å². The predicted octanol–water partition coefficient (Wildman–Crippen LogP) is -0.280. The van der Waals surface area contributed by atoms with Crippen LogP contribution in [0.5, 0.6) is 0 Å². The summed E-state index contributed by atoms with van der Waals surface area (Å²) in [6.45, 7) is 4.32. The van der Waals surface area contributed by atoms with Crippen LogP contribution in [0.1, 0.15) is 26.7 Å². The Labute approximate surface area is 101 Å². The normalized spacial score (nSPS) is 20.9. The molecule has 6 nitrogen and oxygen atoms in total. The lowest BCUT2D eigenvalue weighted by Gasteiger charge is -2.35. The first kappa shape index (κ1) is 13.9. The van der Waals surface area contributed by atoms with E-state index >= 15 is 0 Å². The molecular weight excluding hydrogens is 224 g/mol. The number of carbonyl (C=O) groups excluding carboxylic acids is 1. The van der Waals surface area contributed by atoms with Gasteiger partial charge in [0, 0.05) is 26.1 Å². The number of carbonyl (C=O) groups is 2. The van der Waals surface area contributed by atoms with E-state index in [0.717, 1.165) is 0 Å². The minimum Gasteiger partial charge on any atom is -0.480 e. The molecule has 1 saturated heterocycles. The summed E-state index contributed by atoms with van der Waals surface area (Å²) in [5.41, 5.74) is 4.48. The van der Waals surface area contributed by atoms with E-state index in [-0.39, 0.29) is 18.8 Å². The number of amides is 1. The van der Waals surface area contributed by atoms with Gasteiger partial charge in [0.25, 0.3) is 0 Å². The summed E-state index contributed by atoms with van der Waals surface area (Å²) in [6.07, 6.45) is 0.553. The van der Waals surface area contributed by atoms with E-state index in [2.05, 4.69) is 5.32 Å². The van der Waals surface area contributed by atoms with Crippen molar-refractivity contribution in [3.05, 3.63) is 0 Å². The van der Waals surface area contributed by atoms with Crippen LogP contribution in [-0.4, -0.2) is 41.8 Å². The van der Waals surface area contributed by atoms with Crippen molar-refractivity contribution < 1.29 is 19.4 Å². The van der Waals surface area contributed by atoms with Crippen LogP contribution >= 0.6 is 0 Å². The first-order valence-corrected chi connectivity index (χ1v) is 5.78. The smallest absolute Gasteiger partial charge is 0.329 e. The van der Waals surface area contributed by atoms with Gasteiger partial charge in [0.15, 0.2) is 0 Å². The molecule has 6 heteroatoms. The predicted molar refractivity (Wildman–Crippen MR) is 61.4 cm³/mol. The topological polar surface area (TPSA) is 102 Å². The molecule has 0 saturated carbocycles. The molecule has 0 aromatic carbocycles. The second kappa shape index (κ2) is 5.46. The van der Waals surface area contributed by atoms with Gasteiger partial charge >= 0.3 is 5.97 Å². The summed E-state index contributed by atoms with van der Waals surface area (Å²) < 4.78 is 5.12. The van der Waals surface area contributed by atoms with Gasteiger partial charge in [-0.1, -0.05) is 13.8 Å². The van der Waals surface area contributed by atoms with Crippen molar-refractivity contribution in [1.82, 2.24) is 5.32 Å². The van der Waals surface area contributed by atoms with Gasteiger partial charge in [0.1, 0.15) is 5.54 Å². The van der Waals surface area contributed by atoms with Crippen molar-refractivity contribution in [1.29, 1.82) is 0 Å². The van der Waals surface area contributed by atoms with E-state index in [4.69, 9.17) is 10.5 Å². The lowest BCUT2D eigenvalue weighted by Crippen LogP contribution is -2.61. The van der Waals surface area contributed by atoms with Crippen LogP contribution in [0.3, 0.4) is 0 Å². The average molecular weight is 244 g/mol. The summed E-state index contributed by atoms with van der Waals surface area (Å²) >= 11 is 0. The van der Waals surface area contributed by atoms with Crippen LogP contribution in [0.2, 0.25) is 0 Å². The van der Waals surface area contributed by atoms with Gasteiger partial charge in [-0.25, -0.2) is 4.79 Å². The molecule has 0 aliphatic carbocycles. The maximum Gasteiger partial charge on any atom is 0.329 e. The SMILES string of the molecule is CC(C)[C@H](N)C(=O)NC1(C(=O)O)CCOCC1. The summed E-state index contributed by atoms with van der Waals surface area (Å²) in [7, 11) is 0. The summed E-state index contributed by atoms with van der Waals surface area (Å²) in [5.74, 6) is -1.46. The first-order valence-electron chi connectivity index (χ1n) is 5.78. The summed E-state index contributed by atoms with van der Waals surface area (Å²) in [6, 6.07) is -0.686. The Balaban J connectivity index is 2.73. The molecule has 1 rings (SSSR count). The zero-order valence-electron chi connectivity index (χ0n) is 10.2. The van der Waals surface area contributed by atoms with Gasteiger partial charge in [-0.15, -0.1) is 0 Å². The molecule has 0 radical (unpaired) electrons. The molecule has 1 atom stereocenters. The fourth-order valence-electron chi connectivity index (χ4n) is 1.73. The van der Waals surface area contributed by atoms with E-state index in [1.165, 1.54) is 0 Å². The Morgan fingerprint density at radius 2 is 1.88 bits per heavy atom. The molecule has 1 heterocycles. The van der Waals surface area contributed by atoms with Crippen molar-refractivity contribution in [2.45, 2.75) is 38.3 Å². The highest BCUT2D eigenvalue weighted by Crippen LogP contribution is 2.21. The van der Waals surface area contributed by atoms with Gasteiger partial charge in [0.2, 0.25) is 5.91 Å². The van der Waals surface area contributed by atoms with Gasteiger partial charge in [-0.05, 0) is 5.92 Å². The Kier molecular flexibility index (Phi) is 4.47. The number of nitrogens with one attached hydrogen (secondary N) is 1. The Morgan fingerprint density at radius 3 is 2.29 bits per heavy atom. The highest BCUT2D eigenvalue weighted by Gasteiger charge is 2.42. The Hall–Kier alpha value is -1.14. The zero-order chi connectivity index (χ0) is 13.1. The van der Waals surface area contributed by atoms with Gasteiger partial charge in [-0.2, -0.15) is 0 Å². The van der Waals surface area contributed by atoms with E-state index in [1.807, 2.05) is 13.8 Å². The van der Waals surface area contributed by atoms with Crippen molar-refractivity contribution in [2.75, 3.05) is 13.2 Å². The van der Waals surface area contributed by atoms with E-state index < -0.39 is 23.5 Å². The number of carboxylic acids is 1. The molecule has 0 aromatic heterocycles. The zero-order valence-corrected chi connectivity index (χ0v) is 10.2. The largest absolute Gasteiger partial charge is 0.480 e. The quantitative estimate of drug-likeness (QED) is 0.631. The molecule has 1 aliphatic rings. The maximum atomic E-state index is 11.8. The monoisotopic (exact) mass is 244 g/mol. The standard InChI is InChI=1S/C11H20N2O4/c1-7(2)8(12)9(14)13-11(10(15)16)3-5-17-6-4-11/h7-8H,3-6,12H2,1-2H3,(H,13,14)(H,15,16)/t8-/m0/s1. The molecule has 1 fully saturated rings. The maximum absolute atomic E-state index is 11.8. The number of hydrogen-bond donors (Lipinski definition) is 3. The number of nitrogens with two attached hydrogens (primary N) is 1. The molecule has 1 aliphatic heterocycles. The van der Waals surface area contributed by atoms with Crippen molar-refractivity contribution in [3.8, 4) is 0 Å². The van der Waals surface area contributed by atoms with E-state index in [1.54, 1.807) is 0 Å². The molecule has 0 aromatic rings.